The second-order valence-electron chi connectivity index (χ2n) is 16.8. The number of aromatic hydroxyl groups is 1. The Morgan fingerprint density at radius 2 is 1.45 bits per heavy atom. The highest BCUT2D eigenvalue weighted by Crippen LogP contribution is 2.24. The van der Waals surface area contributed by atoms with Gasteiger partial charge in [0.15, 0.2) is 5.96 Å². The normalized spacial score (nSPS) is 16.2. The average molecular weight is 910 g/mol. The zero-order valence-corrected chi connectivity index (χ0v) is 38.0. The molecule has 0 radical (unpaired) electrons. The molecule has 65 heavy (non-hydrogen) atoms. The predicted octanol–water partition coefficient (Wildman–Crippen LogP) is -1.52. The number of carbonyl (C=O) groups excluding carboxylic acids is 6. The zero-order chi connectivity index (χ0) is 48.4. The fraction of sp³-hybridized carbons (Fsp3) is 0.558. The number of likely N-dealkylation sites (tertiary alicyclic amines) is 1. The number of hydrogen-bond acceptors (Lipinski definition) is 12. The Bertz CT molecular complexity index is 1970. The highest BCUT2D eigenvalue weighted by Gasteiger charge is 2.39. The largest absolute Gasteiger partial charge is 0.508 e. The van der Waals surface area contributed by atoms with Crippen molar-refractivity contribution < 1.29 is 43.8 Å². The van der Waals surface area contributed by atoms with Crippen LogP contribution in [0.25, 0.3) is 0 Å². The van der Waals surface area contributed by atoms with Crippen LogP contribution >= 0.6 is 0 Å². The summed E-state index contributed by atoms with van der Waals surface area (Å²) in [6.07, 6.45) is 4.46. The summed E-state index contributed by atoms with van der Waals surface area (Å²) in [5, 5.41) is 38.7. The fourth-order valence-electron chi connectivity index (χ4n) is 7.20. The molecule has 6 amide bonds. The van der Waals surface area contributed by atoms with E-state index in [1.807, 2.05) is 0 Å². The van der Waals surface area contributed by atoms with E-state index >= 15 is 0 Å². The maximum absolute atomic E-state index is 14.3. The van der Waals surface area contributed by atoms with Crippen molar-refractivity contribution in [1.29, 1.82) is 0 Å². The number of aliphatic carboxylic acids is 1. The number of hydrogen-bond donors (Lipinski definition) is 12. The van der Waals surface area contributed by atoms with Crippen molar-refractivity contribution in [2.24, 2.45) is 28.3 Å². The average Bonchev–Trinajstić information content (AvgIpc) is 3.95. The number of aromatic amines is 1. The smallest absolute Gasteiger partial charge is 0.325 e. The van der Waals surface area contributed by atoms with Crippen LogP contribution in [0.3, 0.4) is 0 Å². The summed E-state index contributed by atoms with van der Waals surface area (Å²) >= 11 is 0. The number of carbonyl (C=O) groups is 7. The number of guanidine groups is 1. The van der Waals surface area contributed by atoms with Crippen LogP contribution in [0.2, 0.25) is 0 Å². The number of rotatable bonds is 26. The van der Waals surface area contributed by atoms with Crippen molar-refractivity contribution >= 4 is 47.4 Å². The number of imidazole rings is 1. The number of likely N-dealkylation sites (N-methyl/N-ethyl adjacent to an activating group) is 1. The molecule has 1 aromatic carbocycles. The van der Waals surface area contributed by atoms with Gasteiger partial charge in [0.1, 0.15) is 42.0 Å². The van der Waals surface area contributed by atoms with Gasteiger partial charge in [-0.25, -0.2) is 4.98 Å². The molecular weight excluding hydrogens is 843 g/mol. The van der Waals surface area contributed by atoms with E-state index in [0.29, 0.717) is 42.8 Å². The molecule has 7 atom stereocenters. The van der Waals surface area contributed by atoms with Crippen LogP contribution < -0.4 is 48.7 Å². The van der Waals surface area contributed by atoms with Gasteiger partial charge in [-0.05, 0) is 69.2 Å². The number of aromatic nitrogens is 2. The number of H-pyrrole nitrogens is 1. The molecule has 2 aromatic rings. The number of carboxylic acids is 1. The summed E-state index contributed by atoms with van der Waals surface area (Å²) in [7, 11) is 1.57. The molecule has 1 fully saturated rings. The lowest BCUT2D eigenvalue weighted by Crippen LogP contribution is -2.61. The number of aliphatic imine (C=N–C) groups is 1. The molecule has 2 heterocycles. The van der Waals surface area contributed by atoms with Crippen molar-refractivity contribution in [3.05, 3.63) is 60.3 Å². The molecule has 22 nitrogen and oxygen atoms in total. The van der Waals surface area contributed by atoms with Crippen LogP contribution in [0.15, 0.2) is 54.1 Å². The number of nitrogens with zero attached hydrogens (tertiary/aromatic N) is 3. The first-order valence-electron chi connectivity index (χ1n) is 21.7. The van der Waals surface area contributed by atoms with E-state index in [9.17, 15) is 43.8 Å². The van der Waals surface area contributed by atoms with Gasteiger partial charge >= 0.3 is 5.97 Å². The molecule has 14 N–H and O–H groups in total. The number of nitrogens with two attached hydrogens (primary N) is 2. The van der Waals surface area contributed by atoms with E-state index in [0.717, 1.165) is 0 Å². The SMILES string of the molecule is C=C(N[C@H](C)C(=O)O)[C@@H]1CCCN1C(=O)[C@H](Cc1cnc[nH]1)NC(=O)C(NC(=O)C(Cc1ccc(O)cc1)NC(=O)[C@@H](NC(=O)[C@H](CCCN=C(N)N)NC(=O)CNC)C(C)C)C(C)C. The molecular formula is C43H67N13O9. The van der Waals surface area contributed by atoms with E-state index in [2.05, 4.69) is 58.8 Å². The van der Waals surface area contributed by atoms with Crippen LogP contribution in [-0.2, 0) is 46.4 Å². The van der Waals surface area contributed by atoms with Gasteiger partial charge in [0.25, 0.3) is 0 Å². The van der Waals surface area contributed by atoms with Gasteiger partial charge in [0, 0.05) is 43.5 Å². The number of phenolic OH excluding ortho intramolecular Hbond substituents is 1. The van der Waals surface area contributed by atoms with Crippen molar-refractivity contribution in [2.45, 2.75) is 115 Å². The molecule has 0 spiro atoms. The first-order valence-corrected chi connectivity index (χ1v) is 21.7. The molecule has 0 bridgehead atoms. The third-order valence-electron chi connectivity index (χ3n) is 10.7. The highest BCUT2D eigenvalue weighted by atomic mass is 16.4. The second kappa shape index (κ2) is 25.5. The maximum atomic E-state index is 14.3. The molecule has 1 saturated heterocycles. The minimum Gasteiger partial charge on any atom is -0.508 e. The number of benzene rings is 1. The Labute approximate surface area is 379 Å². The Morgan fingerprint density at radius 1 is 0.846 bits per heavy atom. The monoisotopic (exact) mass is 910 g/mol. The second-order valence-corrected chi connectivity index (χ2v) is 16.8. The van der Waals surface area contributed by atoms with Crippen LogP contribution in [0.4, 0.5) is 0 Å². The van der Waals surface area contributed by atoms with Crippen LogP contribution in [0.1, 0.15) is 71.6 Å². The standard InChI is InChI=1S/C43H67N13O9/c1-23(2)35(54-37(59)30(51-34(58)21-46-7)10-8-16-48-43(44)45)39(61)52-31(18-27-12-14-29(57)15-13-27)38(60)55-36(24(3)4)40(62)53-32(19-28-20-47-22-49-28)41(63)56-17-9-11-33(56)25(5)50-26(6)42(64)65/h12-15,20,22-24,26,30-33,35-36,46,50,57H,5,8-11,16-19,21H2,1-4,6-7H3,(H,47,49)(H,51,58)(H,52,61)(H,53,62)(H,54,59)(H,55,60)(H,64,65)(H4,44,45,48)/t26-,30+,31?,32+,33+,35+,36?/m1/s1. The third kappa shape index (κ3) is 16.7. The molecule has 0 saturated carbocycles. The molecule has 358 valence electrons. The van der Waals surface area contributed by atoms with Crippen molar-refractivity contribution in [2.75, 3.05) is 26.7 Å². The van der Waals surface area contributed by atoms with Gasteiger partial charge in [-0.3, -0.25) is 38.6 Å². The van der Waals surface area contributed by atoms with Crippen molar-refractivity contribution in [3.8, 4) is 5.75 Å². The van der Waals surface area contributed by atoms with Gasteiger partial charge in [0.05, 0.1) is 18.9 Å². The van der Waals surface area contributed by atoms with Crippen LogP contribution in [0, 0.1) is 11.8 Å². The Morgan fingerprint density at radius 3 is 1.98 bits per heavy atom. The van der Waals surface area contributed by atoms with Crippen LogP contribution in [-0.4, -0.2) is 141 Å². The maximum Gasteiger partial charge on any atom is 0.325 e. The molecule has 22 heteroatoms. The minimum absolute atomic E-state index is 0.0101. The Kier molecular flexibility index (Phi) is 20.7. The summed E-state index contributed by atoms with van der Waals surface area (Å²) in [6, 6.07) is -1.45. The summed E-state index contributed by atoms with van der Waals surface area (Å²) in [4.78, 5) is 107. The summed E-state index contributed by atoms with van der Waals surface area (Å²) < 4.78 is 0. The molecule has 2 unspecified atom stereocenters. The number of nitrogens with one attached hydrogen (secondary N) is 8. The lowest BCUT2D eigenvalue weighted by atomic mass is 9.98. The summed E-state index contributed by atoms with van der Waals surface area (Å²) in [5.41, 5.74) is 12.3. The molecule has 1 aliphatic heterocycles. The van der Waals surface area contributed by atoms with Gasteiger partial charge in [-0.1, -0.05) is 46.4 Å². The minimum atomic E-state index is -1.32. The molecule has 1 aliphatic rings. The molecule has 0 aliphatic carbocycles. The summed E-state index contributed by atoms with van der Waals surface area (Å²) in [5.74, 6) is -6.01. The van der Waals surface area contributed by atoms with E-state index in [1.54, 1.807) is 51.8 Å². The lowest BCUT2D eigenvalue weighted by molar-refractivity contribution is -0.139. The highest BCUT2D eigenvalue weighted by molar-refractivity contribution is 5.97. The van der Waals surface area contributed by atoms with Crippen LogP contribution in [0.5, 0.6) is 5.75 Å². The van der Waals surface area contributed by atoms with Gasteiger partial charge in [-0.2, -0.15) is 0 Å². The van der Waals surface area contributed by atoms with E-state index < -0.39 is 95.5 Å². The Hall–Kier alpha value is -6.71. The van der Waals surface area contributed by atoms with Crippen molar-refractivity contribution in [3.63, 3.8) is 0 Å². The quantitative estimate of drug-likeness (QED) is 0.0290. The van der Waals surface area contributed by atoms with Gasteiger partial charge in [0.2, 0.25) is 35.4 Å². The first-order chi connectivity index (χ1) is 30.7. The third-order valence-corrected chi connectivity index (χ3v) is 10.7. The van der Waals surface area contributed by atoms with Gasteiger partial charge < -0.3 is 68.8 Å². The number of carboxylic acid groups (broad SMARTS) is 1. The Balaban J connectivity index is 1.88. The topological polar surface area (TPSA) is 340 Å². The molecule has 3 rings (SSSR count). The number of phenols is 1. The van der Waals surface area contributed by atoms with Gasteiger partial charge in [-0.15, -0.1) is 0 Å². The van der Waals surface area contributed by atoms with Crippen molar-refractivity contribution in [1.82, 2.24) is 52.1 Å². The summed E-state index contributed by atoms with van der Waals surface area (Å²) in [6.45, 7) is 12.7. The van der Waals surface area contributed by atoms with E-state index in [-0.39, 0.29) is 44.1 Å². The zero-order valence-electron chi connectivity index (χ0n) is 38.0. The van der Waals surface area contributed by atoms with E-state index in [4.69, 9.17) is 11.5 Å². The lowest BCUT2D eigenvalue weighted by Gasteiger charge is -2.32. The molecule has 1 aromatic heterocycles. The fourth-order valence-corrected chi connectivity index (χ4v) is 7.20. The van der Waals surface area contributed by atoms with E-state index in [1.165, 1.54) is 31.6 Å². The first kappa shape index (κ1) is 52.6. The number of amides is 6. The predicted molar refractivity (Wildman–Crippen MR) is 241 cm³/mol.